The Hall–Kier alpha value is -0.760. The fraction of sp³-hybridized carbons (Fsp3) is 0.692. The molecule has 0 bridgehead atoms. The SMILES string of the molecule is CCC1=C(OC2CCCC2)C=CC(N)C1. The van der Waals surface area contributed by atoms with Crippen LogP contribution in [-0.4, -0.2) is 12.1 Å². The molecule has 0 amide bonds. The maximum atomic E-state index is 6.04. The third-order valence-electron chi connectivity index (χ3n) is 3.35. The molecule has 2 heteroatoms. The molecule has 2 N–H and O–H groups in total. The van der Waals surface area contributed by atoms with Gasteiger partial charge in [-0.3, -0.25) is 0 Å². The first-order valence-corrected chi connectivity index (χ1v) is 6.12. The van der Waals surface area contributed by atoms with Crippen LogP contribution in [0.5, 0.6) is 0 Å². The van der Waals surface area contributed by atoms with Gasteiger partial charge in [0.05, 0.1) is 6.10 Å². The third kappa shape index (κ3) is 2.63. The summed E-state index contributed by atoms with van der Waals surface area (Å²) < 4.78 is 6.04. The Labute approximate surface area is 92.2 Å². The van der Waals surface area contributed by atoms with E-state index in [4.69, 9.17) is 10.5 Å². The minimum atomic E-state index is 0.191. The molecule has 1 fully saturated rings. The molecule has 1 unspecified atom stereocenters. The average Bonchev–Trinajstić information content (AvgIpc) is 2.73. The normalized spacial score (nSPS) is 27.5. The van der Waals surface area contributed by atoms with Crippen LogP contribution in [0.3, 0.4) is 0 Å². The van der Waals surface area contributed by atoms with Gasteiger partial charge in [-0.1, -0.05) is 13.0 Å². The largest absolute Gasteiger partial charge is 0.491 e. The minimum Gasteiger partial charge on any atom is -0.491 e. The molecule has 0 radical (unpaired) electrons. The lowest BCUT2D eigenvalue weighted by molar-refractivity contribution is 0.127. The van der Waals surface area contributed by atoms with E-state index in [2.05, 4.69) is 19.1 Å². The summed E-state index contributed by atoms with van der Waals surface area (Å²) >= 11 is 0. The predicted octanol–water partition coefficient (Wildman–Crippen LogP) is 2.90. The van der Waals surface area contributed by atoms with Crippen LogP contribution in [0.15, 0.2) is 23.5 Å². The van der Waals surface area contributed by atoms with Gasteiger partial charge in [-0.2, -0.15) is 0 Å². The van der Waals surface area contributed by atoms with Gasteiger partial charge in [0, 0.05) is 6.04 Å². The van der Waals surface area contributed by atoms with Crippen molar-refractivity contribution >= 4 is 0 Å². The fourth-order valence-corrected chi connectivity index (χ4v) is 2.41. The van der Waals surface area contributed by atoms with Crippen molar-refractivity contribution in [3.63, 3.8) is 0 Å². The molecule has 2 aliphatic carbocycles. The first-order chi connectivity index (χ1) is 7.29. The zero-order valence-electron chi connectivity index (χ0n) is 9.54. The van der Waals surface area contributed by atoms with Crippen molar-refractivity contribution in [2.45, 2.75) is 57.6 Å². The number of hydrogen-bond donors (Lipinski definition) is 1. The number of allylic oxidation sites excluding steroid dienone is 1. The molecule has 2 nitrogen and oxygen atoms in total. The molecule has 0 aromatic rings. The van der Waals surface area contributed by atoms with Gasteiger partial charge in [-0.15, -0.1) is 0 Å². The van der Waals surface area contributed by atoms with Crippen LogP contribution in [0, 0.1) is 0 Å². The quantitative estimate of drug-likeness (QED) is 0.772. The molecule has 0 spiro atoms. The van der Waals surface area contributed by atoms with E-state index < -0.39 is 0 Å². The summed E-state index contributed by atoms with van der Waals surface area (Å²) in [5.74, 6) is 1.10. The lowest BCUT2D eigenvalue weighted by Gasteiger charge is -2.22. The van der Waals surface area contributed by atoms with Gasteiger partial charge in [0.25, 0.3) is 0 Å². The molecule has 0 heterocycles. The molecule has 0 aromatic heterocycles. The van der Waals surface area contributed by atoms with Crippen LogP contribution >= 0.6 is 0 Å². The Morgan fingerprint density at radius 2 is 2.13 bits per heavy atom. The second kappa shape index (κ2) is 4.84. The van der Waals surface area contributed by atoms with Crippen LogP contribution in [0.2, 0.25) is 0 Å². The van der Waals surface area contributed by atoms with E-state index in [1.165, 1.54) is 31.3 Å². The number of nitrogens with two attached hydrogens (primary N) is 1. The highest BCUT2D eigenvalue weighted by Gasteiger charge is 2.20. The number of ether oxygens (including phenoxy) is 1. The van der Waals surface area contributed by atoms with E-state index in [1.54, 1.807) is 0 Å². The highest BCUT2D eigenvalue weighted by molar-refractivity contribution is 5.27. The lowest BCUT2D eigenvalue weighted by Crippen LogP contribution is -2.22. The van der Waals surface area contributed by atoms with Crippen LogP contribution in [0.1, 0.15) is 45.4 Å². The molecule has 1 saturated carbocycles. The summed E-state index contributed by atoms with van der Waals surface area (Å²) in [6.45, 7) is 2.18. The van der Waals surface area contributed by atoms with Crippen LogP contribution < -0.4 is 5.73 Å². The summed E-state index contributed by atoms with van der Waals surface area (Å²) in [5, 5.41) is 0. The summed E-state index contributed by atoms with van der Waals surface area (Å²) in [6, 6.07) is 0.191. The summed E-state index contributed by atoms with van der Waals surface area (Å²) in [5.41, 5.74) is 7.28. The molecule has 0 aromatic carbocycles. The Bertz CT molecular complexity index is 274. The Morgan fingerprint density at radius 1 is 1.40 bits per heavy atom. The van der Waals surface area contributed by atoms with Crippen LogP contribution in [0.4, 0.5) is 0 Å². The third-order valence-corrected chi connectivity index (χ3v) is 3.35. The first kappa shape index (κ1) is 10.7. The maximum absolute atomic E-state index is 6.04. The van der Waals surface area contributed by atoms with Gasteiger partial charge in [-0.05, 0) is 50.2 Å². The summed E-state index contributed by atoms with van der Waals surface area (Å²) in [7, 11) is 0. The van der Waals surface area contributed by atoms with Crippen molar-refractivity contribution in [2.24, 2.45) is 5.73 Å². The van der Waals surface area contributed by atoms with Crippen LogP contribution in [0.25, 0.3) is 0 Å². The van der Waals surface area contributed by atoms with E-state index in [1.807, 2.05) is 0 Å². The average molecular weight is 207 g/mol. The van der Waals surface area contributed by atoms with E-state index >= 15 is 0 Å². The molecular weight excluding hydrogens is 186 g/mol. The first-order valence-electron chi connectivity index (χ1n) is 6.12. The number of hydrogen-bond acceptors (Lipinski definition) is 2. The van der Waals surface area contributed by atoms with E-state index in [-0.39, 0.29) is 6.04 Å². The van der Waals surface area contributed by atoms with Crippen molar-refractivity contribution in [1.82, 2.24) is 0 Å². The topological polar surface area (TPSA) is 35.2 Å². The van der Waals surface area contributed by atoms with Gasteiger partial charge in [0.15, 0.2) is 0 Å². The molecule has 84 valence electrons. The summed E-state index contributed by atoms with van der Waals surface area (Å²) in [6.07, 6.45) is 11.7. The monoisotopic (exact) mass is 207 g/mol. The van der Waals surface area contributed by atoms with E-state index in [0.29, 0.717) is 6.10 Å². The molecule has 2 rings (SSSR count). The molecule has 0 aliphatic heterocycles. The summed E-state index contributed by atoms with van der Waals surface area (Å²) in [4.78, 5) is 0. The second-order valence-corrected chi connectivity index (χ2v) is 4.57. The van der Waals surface area contributed by atoms with Crippen molar-refractivity contribution in [3.8, 4) is 0 Å². The highest BCUT2D eigenvalue weighted by Crippen LogP contribution is 2.28. The van der Waals surface area contributed by atoms with Gasteiger partial charge in [-0.25, -0.2) is 0 Å². The Morgan fingerprint density at radius 3 is 2.80 bits per heavy atom. The standard InChI is InChI=1S/C13H21NO/c1-2-10-9-11(14)7-8-13(10)15-12-5-3-4-6-12/h7-8,11-12H,2-6,9,14H2,1H3. The molecule has 15 heavy (non-hydrogen) atoms. The molecule has 1 atom stereocenters. The lowest BCUT2D eigenvalue weighted by atomic mass is 9.98. The van der Waals surface area contributed by atoms with Gasteiger partial charge >= 0.3 is 0 Å². The smallest absolute Gasteiger partial charge is 0.118 e. The molecule has 2 aliphatic rings. The molecular formula is C13H21NO. The molecule has 0 saturated heterocycles. The van der Waals surface area contributed by atoms with Crippen LogP contribution in [-0.2, 0) is 4.74 Å². The van der Waals surface area contributed by atoms with Gasteiger partial charge < -0.3 is 10.5 Å². The van der Waals surface area contributed by atoms with Crippen molar-refractivity contribution < 1.29 is 4.74 Å². The Kier molecular flexibility index (Phi) is 3.47. The predicted molar refractivity (Wildman–Crippen MR) is 62.4 cm³/mol. The van der Waals surface area contributed by atoms with E-state index in [0.717, 1.165) is 18.6 Å². The second-order valence-electron chi connectivity index (χ2n) is 4.57. The Balaban J connectivity index is 2.01. The van der Waals surface area contributed by atoms with Crippen molar-refractivity contribution in [1.29, 1.82) is 0 Å². The number of rotatable bonds is 3. The van der Waals surface area contributed by atoms with Crippen molar-refractivity contribution in [3.05, 3.63) is 23.5 Å². The highest BCUT2D eigenvalue weighted by atomic mass is 16.5. The zero-order chi connectivity index (χ0) is 10.7. The zero-order valence-corrected chi connectivity index (χ0v) is 9.54. The van der Waals surface area contributed by atoms with Crippen molar-refractivity contribution in [2.75, 3.05) is 0 Å². The minimum absolute atomic E-state index is 0.191. The fourth-order valence-electron chi connectivity index (χ4n) is 2.41. The maximum Gasteiger partial charge on any atom is 0.118 e. The van der Waals surface area contributed by atoms with Gasteiger partial charge in [0.2, 0.25) is 0 Å². The van der Waals surface area contributed by atoms with E-state index in [9.17, 15) is 0 Å². The van der Waals surface area contributed by atoms with Gasteiger partial charge in [0.1, 0.15) is 5.76 Å².